The summed E-state index contributed by atoms with van der Waals surface area (Å²) in [5, 5.41) is 47.5. The van der Waals surface area contributed by atoms with Gasteiger partial charge in [0.2, 0.25) is 0 Å². The molecule has 2 unspecified atom stereocenters. The molecule has 1 rings (SSSR count). The smallest absolute Gasteiger partial charge is 0.307 e. The third kappa shape index (κ3) is 3.91. The first-order valence-corrected chi connectivity index (χ1v) is 6.70. The molecule has 118 valence electrons. The third-order valence-corrected chi connectivity index (χ3v) is 3.65. The summed E-state index contributed by atoms with van der Waals surface area (Å²) in [5.74, 6) is -3.99. The van der Waals surface area contributed by atoms with Gasteiger partial charge in [0.25, 0.3) is 0 Å². The Morgan fingerprint density at radius 2 is 1.71 bits per heavy atom. The fourth-order valence-corrected chi connectivity index (χ4v) is 2.26. The monoisotopic (exact) mass is 299 g/mol. The van der Waals surface area contributed by atoms with Crippen LogP contribution in [-0.4, -0.2) is 38.0 Å². The highest BCUT2D eigenvalue weighted by atomic mass is 16.4. The van der Waals surface area contributed by atoms with Crippen molar-refractivity contribution in [2.24, 2.45) is 17.6 Å². The van der Waals surface area contributed by atoms with Crippen molar-refractivity contribution in [3.63, 3.8) is 0 Å². The molecule has 0 aliphatic carbocycles. The lowest BCUT2D eigenvalue weighted by atomic mass is 9.87. The molecule has 0 saturated heterocycles. The Labute approximate surface area is 122 Å². The molecular weight excluding hydrogens is 278 g/mol. The van der Waals surface area contributed by atoms with E-state index in [2.05, 4.69) is 0 Å². The zero-order valence-corrected chi connectivity index (χ0v) is 11.8. The van der Waals surface area contributed by atoms with Crippen LogP contribution >= 0.6 is 0 Å². The quantitative estimate of drug-likeness (QED) is 0.327. The Morgan fingerprint density at radius 3 is 2.10 bits per heavy atom. The Kier molecular flexibility index (Phi) is 5.66. The van der Waals surface area contributed by atoms with E-state index in [1.165, 1.54) is 0 Å². The van der Waals surface area contributed by atoms with E-state index >= 15 is 0 Å². The van der Waals surface area contributed by atoms with Crippen LogP contribution in [0.25, 0.3) is 0 Å². The average molecular weight is 299 g/mol. The third-order valence-electron chi connectivity index (χ3n) is 3.65. The minimum atomic E-state index is -0.997. The second-order valence-electron chi connectivity index (χ2n) is 5.08. The minimum absolute atomic E-state index is 0.000472. The van der Waals surface area contributed by atoms with Crippen LogP contribution in [0.5, 0.6) is 23.0 Å². The van der Waals surface area contributed by atoms with Crippen molar-refractivity contribution in [2.45, 2.75) is 26.2 Å². The molecule has 0 fully saturated rings. The minimum Gasteiger partial charge on any atom is -0.504 e. The Morgan fingerprint density at radius 1 is 1.19 bits per heavy atom. The zero-order valence-electron chi connectivity index (χ0n) is 11.8. The molecule has 7 N–H and O–H groups in total. The molecule has 7 nitrogen and oxygen atoms in total. The number of hydrogen-bond donors (Lipinski definition) is 6. The Hall–Kier alpha value is -2.15. The molecule has 1 aromatic rings. The summed E-state index contributed by atoms with van der Waals surface area (Å²) in [7, 11) is 0. The van der Waals surface area contributed by atoms with E-state index in [0.717, 1.165) is 6.07 Å². The number of phenolic OH excluding ortho intramolecular Hbond substituents is 4. The topological polar surface area (TPSA) is 144 Å². The summed E-state index contributed by atoms with van der Waals surface area (Å²) in [6.45, 7) is 1.84. The molecule has 0 aromatic heterocycles. The first kappa shape index (κ1) is 16.9. The first-order valence-electron chi connectivity index (χ1n) is 6.70. The normalized spacial score (nSPS) is 13.8. The molecule has 0 amide bonds. The molecular formula is C14H21NO6. The SMILES string of the molecule is CCC(Cc1c(O)c(O)cc(O)c1O)CC(CN)C(=O)O. The van der Waals surface area contributed by atoms with E-state index in [9.17, 15) is 25.2 Å². The molecule has 0 aliphatic heterocycles. The van der Waals surface area contributed by atoms with Crippen molar-refractivity contribution < 1.29 is 30.3 Å². The van der Waals surface area contributed by atoms with Crippen molar-refractivity contribution in [2.75, 3.05) is 6.54 Å². The summed E-state index contributed by atoms with van der Waals surface area (Å²) in [4.78, 5) is 11.0. The van der Waals surface area contributed by atoms with E-state index in [4.69, 9.17) is 10.8 Å². The van der Waals surface area contributed by atoms with Crippen molar-refractivity contribution >= 4 is 5.97 Å². The number of aliphatic carboxylic acids is 1. The van der Waals surface area contributed by atoms with Crippen molar-refractivity contribution in [3.8, 4) is 23.0 Å². The van der Waals surface area contributed by atoms with Gasteiger partial charge in [-0.2, -0.15) is 0 Å². The van der Waals surface area contributed by atoms with Crippen LogP contribution in [0, 0.1) is 11.8 Å². The Balaban J connectivity index is 2.99. The maximum Gasteiger partial charge on any atom is 0.307 e. The van der Waals surface area contributed by atoms with Crippen LogP contribution in [0.4, 0.5) is 0 Å². The van der Waals surface area contributed by atoms with Crippen LogP contribution in [-0.2, 0) is 11.2 Å². The van der Waals surface area contributed by atoms with Crippen LogP contribution in [0.3, 0.4) is 0 Å². The van der Waals surface area contributed by atoms with Gasteiger partial charge < -0.3 is 31.3 Å². The highest BCUT2D eigenvalue weighted by Crippen LogP contribution is 2.43. The molecule has 21 heavy (non-hydrogen) atoms. The van der Waals surface area contributed by atoms with Crippen LogP contribution in [0.2, 0.25) is 0 Å². The fraction of sp³-hybridized carbons (Fsp3) is 0.500. The average Bonchev–Trinajstić information content (AvgIpc) is 2.44. The van der Waals surface area contributed by atoms with E-state index in [1.807, 2.05) is 6.92 Å². The standard InChI is InChI=1S/C14H21NO6/c1-2-7(3-8(6-15)14(20)21)4-9-12(18)10(16)5-11(17)13(9)19/h5,7-8,16-19H,2-4,6,15H2,1H3,(H,20,21). The number of hydrogen-bond acceptors (Lipinski definition) is 6. The lowest BCUT2D eigenvalue weighted by Crippen LogP contribution is -2.26. The summed E-state index contributed by atoms with van der Waals surface area (Å²) < 4.78 is 0. The second kappa shape index (κ2) is 7.03. The first-order chi connectivity index (χ1) is 9.81. The number of rotatable bonds is 7. The van der Waals surface area contributed by atoms with Gasteiger partial charge in [0.15, 0.2) is 23.0 Å². The van der Waals surface area contributed by atoms with Gasteiger partial charge in [0.05, 0.1) is 5.92 Å². The highest BCUT2D eigenvalue weighted by Gasteiger charge is 2.24. The van der Waals surface area contributed by atoms with Gasteiger partial charge in [-0.25, -0.2) is 0 Å². The van der Waals surface area contributed by atoms with Gasteiger partial charge >= 0.3 is 5.97 Å². The summed E-state index contributed by atoms with van der Waals surface area (Å²) in [5.41, 5.74) is 5.42. The maximum atomic E-state index is 11.0. The van der Waals surface area contributed by atoms with E-state index < -0.39 is 34.9 Å². The van der Waals surface area contributed by atoms with Gasteiger partial charge in [-0.1, -0.05) is 13.3 Å². The van der Waals surface area contributed by atoms with Crippen LogP contribution in [0.1, 0.15) is 25.3 Å². The van der Waals surface area contributed by atoms with E-state index in [0.29, 0.717) is 6.42 Å². The number of carboxylic acid groups (broad SMARTS) is 1. The van der Waals surface area contributed by atoms with Crippen LogP contribution < -0.4 is 5.73 Å². The van der Waals surface area contributed by atoms with Crippen molar-refractivity contribution in [1.82, 2.24) is 0 Å². The number of carboxylic acids is 1. The largest absolute Gasteiger partial charge is 0.504 e. The van der Waals surface area contributed by atoms with Gasteiger partial charge in [0, 0.05) is 18.2 Å². The highest BCUT2D eigenvalue weighted by molar-refractivity contribution is 5.70. The molecule has 1 aromatic carbocycles. The predicted molar refractivity (Wildman–Crippen MR) is 75.4 cm³/mol. The number of benzene rings is 1. The van der Waals surface area contributed by atoms with E-state index in [-0.39, 0.29) is 30.9 Å². The number of phenols is 4. The molecule has 0 bridgehead atoms. The molecule has 0 spiro atoms. The zero-order chi connectivity index (χ0) is 16.2. The van der Waals surface area contributed by atoms with Crippen LogP contribution in [0.15, 0.2) is 6.07 Å². The van der Waals surface area contributed by atoms with Crippen molar-refractivity contribution in [3.05, 3.63) is 11.6 Å². The summed E-state index contributed by atoms with van der Waals surface area (Å²) in [6.07, 6.45) is 0.997. The number of nitrogens with two attached hydrogens (primary N) is 1. The molecule has 0 radical (unpaired) electrons. The predicted octanol–water partition coefficient (Wildman–Crippen LogP) is 1.13. The molecule has 0 aliphatic rings. The molecule has 0 heterocycles. The number of carbonyl (C=O) groups is 1. The lowest BCUT2D eigenvalue weighted by Gasteiger charge is -2.20. The lowest BCUT2D eigenvalue weighted by molar-refractivity contribution is -0.142. The fourth-order valence-electron chi connectivity index (χ4n) is 2.26. The van der Waals surface area contributed by atoms with E-state index in [1.54, 1.807) is 0 Å². The summed E-state index contributed by atoms with van der Waals surface area (Å²) >= 11 is 0. The Bertz CT molecular complexity index is 490. The van der Waals surface area contributed by atoms with Gasteiger partial charge in [-0.3, -0.25) is 4.79 Å². The second-order valence-corrected chi connectivity index (χ2v) is 5.08. The summed E-state index contributed by atoms with van der Waals surface area (Å²) in [6, 6.07) is 0.842. The van der Waals surface area contributed by atoms with Crippen molar-refractivity contribution in [1.29, 1.82) is 0 Å². The van der Waals surface area contributed by atoms with Gasteiger partial charge in [-0.15, -0.1) is 0 Å². The molecule has 0 saturated carbocycles. The number of aromatic hydroxyl groups is 4. The molecule has 2 atom stereocenters. The molecule has 7 heteroatoms. The van der Waals surface area contributed by atoms with Gasteiger partial charge in [0.1, 0.15) is 0 Å². The van der Waals surface area contributed by atoms with Gasteiger partial charge in [-0.05, 0) is 18.8 Å². The maximum absolute atomic E-state index is 11.0.